The molecule has 0 fully saturated rings. The number of azo groups is 2. The minimum Gasteiger partial charge on any atom is -0.494 e. The van der Waals surface area contributed by atoms with Crippen LogP contribution >= 0.6 is 7.60 Å². The molecule has 2 heterocycles. The molecule has 0 aliphatic carbocycles. The second-order valence-electron chi connectivity index (χ2n) is 20.4. The molecule has 5 aromatic rings. The van der Waals surface area contributed by atoms with E-state index in [1.807, 2.05) is 17.0 Å². The molecule has 17 heteroatoms. The molecule has 2 aliphatic rings. The first-order valence-corrected chi connectivity index (χ1v) is 28.1. The number of rotatable bonds is 25. The van der Waals surface area contributed by atoms with E-state index in [0.717, 1.165) is 50.9 Å². The Kier molecular flexibility index (Phi) is 19.7. The van der Waals surface area contributed by atoms with Gasteiger partial charge in [-0.1, -0.05) is 82.3 Å². The summed E-state index contributed by atoms with van der Waals surface area (Å²) in [5, 5.41) is 38.1. The van der Waals surface area contributed by atoms with Crippen LogP contribution in [0.15, 0.2) is 166 Å². The average Bonchev–Trinajstić information content (AvgIpc) is 3.41. The van der Waals surface area contributed by atoms with Gasteiger partial charge in [0, 0.05) is 84.0 Å². The third-order valence-corrected chi connectivity index (χ3v) is 15.3. The van der Waals surface area contributed by atoms with Gasteiger partial charge < -0.3 is 33.4 Å². The predicted molar refractivity (Wildman–Crippen MR) is 303 cm³/mol. The Morgan fingerprint density at radius 1 is 0.776 bits per heavy atom. The predicted octanol–water partition coefficient (Wildman–Crippen LogP) is 13.5. The van der Waals surface area contributed by atoms with E-state index < -0.39 is 12.5 Å². The molecular formula is C59H74N8O8P+. The number of likely N-dealkylation sites (N-methyl/N-ethyl adjacent to an activating group) is 1. The molecule has 402 valence electrons. The van der Waals surface area contributed by atoms with E-state index in [1.54, 1.807) is 24.3 Å². The lowest BCUT2D eigenvalue weighted by Crippen LogP contribution is -3.13. The molecule has 0 saturated heterocycles. The minimum atomic E-state index is -3.35. The Morgan fingerprint density at radius 2 is 1.39 bits per heavy atom. The first kappa shape index (κ1) is 56.9. The van der Waals surface area contributed by atoms with Gasteiger partial charge in [-0.3, -0.25) is 19.6 Å². The summed E-state index contributed by atoms with van der Waals surface area (Å²) in [6.07, 6.45) is 16.0. The molecule has 16 nitrogen and oxygen atoms in total. The van der Waals surface area contributed by atoms with Crippen molar-refractivity contribution in [3.8, 4) is 11.5 Å². The molecule has 7 rings (SSSR count). The number of aliphatic hydroxyl groups excluding tert-OH is 1. The number of fused-ring (bicyclic) bond motifs is 2. The second-order valence-corrected chi connectivity index (χ2v) is 22.5. The van der Waals surface area contributed by atoms with Crippen LogP contribution in [-0.4, -0.2) is 83.0 Å². The molecule has 76 heavy (non-hydrogen) atoms. The summed E-state index contributed by atoms with van der Waals surface area (Å²) in [5.74, 6) is 0.739. The summed E-state index contributed by atoms with van der Waals surface area (Å²) >= 11 is 0. The lowest BCUT2D eigenvalue weighted by Gasteiger charge is -2.43. The summed E-state index contributed by atoms with van der Waals surface area (Å²) in [7, 11) is -0.360. The number of unbranched alkanes of at least 4 members (excludes halogenated alkanes) is 2. The van der Waals surface area contributed by atoms with Gasteiger partial charge in [0.1, 0.15) is 34.6 Å². The molecule has 0 spiro atoms. The van der Waals surface area contributed by atoms with Crippen LogP contribution in [-0.2, 0) is 26.5 Å². The average molecular weight is 1050 g/mol. The third-order valence-electron chi connectivity index (χ3n) is 14.0. The molecule has 5 aromatic carbocycles. The van der Waals surface area contributed by atoms with Crippen molar-refractivity contribution in [2.45, 2.75) is 72.8 Å². The summed E-state index contributed by atoms with van der Waals surface area (Å²) in [4.78, 5) is 16.5. The lowest BCUT2D eigenvalue weighted by molar-refractivity contribution is -0.862. The number of nitro benzene ring substituents is 1. The number of nitro groups is 1. The first-order chi connectivity index (χ1) is 36.6. The quantitative estimate of drug-likeness (QED) is 0.0143. The Hall–Kier alpha value is -6.81. The SMILES string of the molecule is CC[NH+]1c2ccccc2CC(C)(C)C1/C=C/C=C/C=C1/N(CCCCCOP(C)(=O)OCCN(CCO)c2ccc(N=Nc3cc(OC)c(N=Nc4ccc([N+](=O)[O-])cc4)cc3OC)cc2)c2ccccc2CC1(C)C. The van der Waals surface area contributed by atoms with Gasteiger partial charge in [-0.2, -0.15) is 10.2 Å². The molecular weight excluding hydrogens is 980 g/mol. The topological polar surface area (TPSA) is 178 Å². The van der Waals surface area contributed by atoms with Crippen molar-refractivity contribution < 1.29 is 38.0 Å². The zero-order chi connectivity index (χ0) is 54.3. The lowest BCUT2D eigenvalue weighted by atomic mass is 9.74. The molecule has 2 N–H and O–H groups in total. The number of ether oxygens (including phenoxy) is 2. The van der Waals surface area contributed by atoms with E-state index in [-0.39, 0.29) is 29.7 Å². The van der Waals surface area contributed by atoms with E-state index in [1.165, 1.54) is 78.2 Å². The fourth-order valence-electron chi connectivity index (χ4n) is 10.2. The van der Waals surface area contributed by atoms with Crippen LogP contribution in [0.1, 0.15) is 65.0 Å². The fourth-order valence-corrected chi connectivity index (χ4v) is 11.1. The van der Waals surface area contributed by atoms with Crippen molar-refractivity contribution in [2.75, 3.05) is 76.7 Å². The molecule has 0 radical (unpaired) electrons. The Bertz CT molecular complexity index is 2960. The largest absolute Gasteiger partial charge is 0.494 e. The van der Waals surface area contributed by atoms with Gasteiger partial charge in [0.15, 0.2) is 0 Å². The summed E-state index contributed by atoms with van der Waals surface area (Å²) in [6.45, 7) is 16.2. The number of allylic oxidation sites excluding steroid dienone is 5. The van der Waals surface area contributed by atoms with Gasteiger partial charge in [0.25, 0.3) is 5.69 Å². The van der Waals surface area contributed by atoms with Gasteiger partial charge in [-0.25, -0.2) is 0 Å². The Balaban J connectivity index is 0.887. The highest BCUT2D eigenvalue weighted by Crippen LogP contribution is 2.46. The Labute approximate surface area is 448 Å². The highest BCUT2D eigenvalue weighted by Gasteiger charge is 2.42. The minimum absolute atomic E-state index is 0.0471. The second kappa shape index (κ2) is 26.3. The van der Waals surface area contributed by atoms with Crippen LogP contribution < -0.4 is 24.2 Å². The molecule has 3 unspecified atom stereocenters. The zero-order valence-electron chi connectivity index (χ0n) is 45.2. The maximum atomic E-state index is 13.4. The molecule has 3 atom stereocenters. The smallest absolute Gasteiger partial charge is 0.327 e. The van der Waals surface area contributed by atoms with E-state index in [0.29, 0.717) is 60.0 Å². The normalized spacial score (nSPS) is 18.3. The van der Waals surface area contributed by atoms with Crippen LogP contribution in [0.4, 0.5) is 45.5 Å². The number of nitrogens with zero attached hydrogens (tertiary/aromatic N) is 7. The van der Waals surface area contributed by atoms with Crippen LogP contribution in [0.25, 0.3) is 0 Å². The molecule has 0 saturated carbocycles. The van der Waals surface area contributed by atoms with Crippen molar-refractivity contribution in [2.24, 2.45) is 31.3 Å². The summed E-state index contributed by atoms with van der Waals surface area (Å²) in [6, 6.07) is 34.3. The van der Waals surface area contributed by atoms with E-state index >= 15 is 0 Å². The van der Waals surface area contributed by atoms with Gasteiger partial charge in [-0.15, -0.1) is 10.2 Å². The van der Waals surface area contributed by atoms with Gasteiger partial charge >= 0.3 is 7.60 Å². The van der Waals surface area contributed by atoms with Crippen molar-refractivity contribution in [1.82, 2.24) is 0 Å². The molecule has 2 aliphatic heterocycles. The van der Waals surface area contributed by atoms with Crippen LogP contribution in [0.2, 0.25) is 0 Å². The number of benzene rings is 5. The number of hydrogen-bond acceptors (Lipinski definition) is 14. The Morgan fingerprint density at radius 3 is 2.03 bits per heavy atom. The number of quaternary nitrogens is 1. The van der Waals surface area contributed by atoms with Gasteiger partial charge in [0.2, 0.25) is 0 Å². The maximum Gasteiger partial charge on any atom is 0.327 e. The standard InChI is InChI=1S/C59H73N8O8P/c1-9-65-52-22-16-14-20-44(52)42-58(2,3)56(65)24-12-10-13-25-57-59(4,5)43-45-21-15-17-23-53(45)66(57)34-18-11-19-38-74-76(8,71)75-39-36-64(35-37-68)48-30-26-46(27-31-48)60-62-50-40-55(73-7)51(41-54(50)72-6)63-61-47-28-32-49(33-29-47)67(69)70/h10,12-17,20-33,40-41,56,68H,9,11,18-19,34-39,42-43H2,1-8H3/p+1/b13-10+,24-12+,57-25+,62-60?,63-61?. The molecule has 0 bridgehead atoms. The number of anilines is 2. The number of aliphatic hydroxyl groups is 1. The summed E-state index contributed by atoms with van der Waals surface area (Å²) < 4.78 is 36.2. The van der Waals surface area contributed by atoms with Gasteiger partial charge in [0.05, 0.1) is 56.9 Å². The molecule has 0 aromatic heterocycles. The zero-order valence-corrected chi connectivity index (χ0v) is 46.1. The number of non-ortho nitro benzene ring substituents is 1. The number of nitrogens with one attached hydrogen (secondary N) is 1. The van der Waals surface area contributed by atoms with Crippen molar-refractivity contribution in [3.05, 3.63) is 167 Å². The third kappa shape index (κ3) is 14.8. The monoisotopic (exact) mass is 1050 g/mol. The van der Waals surface area contributed by atoms with E-state index in [9.17, 15) is 19.8 Å². The van der Waals surface area contributed by atoms with Crippen LogP contribution in [0.3, 0.4) is 0 Å². The highest BCUT2D eigenvalue weighted by atomic mass is 31.2. The van der Waals surface area contributed by atoms with Crippen molar-refractivity contribution in [1.29, 1.82) is 0 Å². The van der Waals surface area contributed by atoms with Crippen LogP contribution in [0.5, 0.6) is 11.5 Å². The number of hydrogen-bond donors (Lipinski definition) is 2. The maximum absolute atomic E-state index is 13.4. The summed E-state index contributed by atoms with van der Waals surface area (Å²) in [5.41, 5.74) is 9.38. The van der Waals surface area contributed by atoms with Crippen LogP contribution in [0, 0.1) is 20.9 Å². The highest BCUT2D eigenvalue weighted by molar-refractivity contribution is 7.52. The number of methoxy groups -OCH3 is 2. The van der Waals surface area contributed by atoms with E-state index in [2.05, 4.69) is 139 Å². The number of para-hydroxylation sites is 2. The molecule has 0 amide bonds. The first-order valence-electron chi connectivity index (χ1n) is 26.1. The van der Waals surface area contributed by atoms with Crippen molar-refractivity contribution >= 4 is 53.1 Å². The van der Waals surface area contributed by atoms with E-state index in [4.69, 9.17) is 18.5 Å². The fraction of sp³-hybridized carbons (Fsp3) is 0.390. The van der Waals surface area contributed by atoms with Crippen molar-refractivity contribution in [3.63, 3.8) is 0 Å². The van der Waals surface area contributed by atoms with Gasteiger partial charge in [-0.05, 0) is 105 Å².